The van der Waals surface area contributed by atoms with E-state index in [0.29, 0.717) is 25.4 Å². The van der Waals surface area contributed by atoms with E-state index in [2.05, 4.69) is 5.32 Å². The van der Waals surface area contributed by atoms with Crippen molar-refractivity contribution in [2.45, 2.75) is 32.7 Å². The zero-order valence-electron chi connectivity index (χ0n) is 14.3. The second kappa shape index (κ2) is 6.30. The second-order valence-corrected chi connectivity index (χ2v) is 6.50. The number of carbonyl (C=O) groups excluding carboxylic acids is 3. The van der Waals surface area contributed by atoms with Crippen LogP contribution in [0, 0.1) is 12.8 Å². The molecule has 3 heterocycles. The molecule has 1 aromatic rings. The van der Waals surface area contributed by atoms with Gasteiger partial charge in [0, 0.05) is 45.1 Å². The fourth-order valence-corrected chi connectivity index (χ4v) is 3.36. The van der Waals surface area contributed by atoms with Crippen LogP contribution >= 0.6 is 0 Å². The molecule has 0 spiro atoms. The molecule has 130 valence electrons. The van der Waals surface area contributed by atoms with Crippen LogP contribution in [0.1, 0.15) is 35.2 Å². The number of aryl methyl sites for hydroxylation is 2. The highest BCUT2D eigenvalue weighted by Crippen LogP contribution is 2.27. The highest BCUT2D eigenvalue weighted by molar-refractivity contribution is 5.94. The van der Waals surface area contributed by atoms with Crippen molar-refractivity contribution in [1.82, 2.24) is 15.1 Å². The van der Waals surface area contributed by atoms with Gasteiger partial charge in [0.1, 0.15) is 5.76 Å². The van der Waals surface area contributed by atoms with Gasteiger partial charge in [0.25, 0.3) is 5.91 Å². The van der Waals surface area contributed by atoms with Crippen LogP contribution in [0.25, 0.3) is 0 Å². The number of hydrogen-bond acceptors (Lipinski definition) is 4. The number of amides is 3. The van der Waals surface area contributed by atoms with Crippen molar-refractivity contribution in [2.75, 3.05) is 26.7 Å². The van der Waals surface area contributed by atoms with Gasteiger partial charge in [-0.05, 0) is 13.0 Å². The van der Waals surface area contributed by atoms with E-state index in [1.165, 1.54) is 0 Å². The molecule has 2 aliphatic heterocycles. The maximum atomic E-state index is 12.5. The minimum absolute atomic E-state index is 0.00276. The maximum Gasteiger partial charge on any atom is 0.289 e. The van der Waals surface area contributed by atoms with Crippen molar-refractivity contribution in [3.63, 3.8) is 0 Å². The summed E-state index contributed by atoms with van der Waals surface area (Å²) in [7, 11) is 1.58. The predicted molar refractivity (Wildman–Crippen MR) is 86.4 cm³/mol. The number of carbonyl (C=O) groups is 3. The Hall–Kier alpha value is -2.31. The maximum absolute atomic E-state index is 12.5. The first-order valence-electron chi connectivity index (χ1n) is 8.34. The number of likely N-dealkylation sites (tertiary alicyclic amines) is 2. The van der Waals surface area contributed by atoms with Crippen LogP contribution in [0.15, 0.2) is 10.5 Å². The van der Waals surface area contributed by atoms with Gasteiger partial charge in [-0.3, -0.25) is 14.4 Å². The molecule has 0 saturated carbocycles. The van der Waals surface area contributed by atoms with Crippen molar-refractivity contribution in [3.05, 3.63) is 23.2 Å². The van der Waals surface area contributed by atoms with Crippen LogP contribution in [0.4, 0.5) is 0 Å². The largest absolute Gasteiger partial charge is 0.456 e. The first-order valence-corrected chi connectivity index (χ1v) is 8.34. The lowest BCUT2D eigenvalue weighted by Gasteiger charge is -2.43. The Bertz CT molecular complexity index is 675. The number of hydrogen-bond donors (Lipinski definition) is 1. The highest BCUT2D eigenvalue weighted by Gasteiger charge is 2.43. The van der Waals surface area contributed by atoms with Gasteiger partial charge in [-0.25, -0.2) is 0 Å². The summed E-state index contributed by atoms with van der Waals surface area (Å²) < 4.78 is 5.60. The minimum atomic E-state index is -0.285. The molecule has 0 aliphatic carbocycles. The molecule has 0 aromatic carbocycles. The van der Waals surface area contributed by atoms with Gasteiger partial charge in [0.15, 0.2) is 5.76 Å². The lowest BCUT2D eigenvalue weighted by Crippen LogP contribution is -2.61. The smallest absolute Gasteiger partial charge is 0.289 e. The first kappa shape index (κ1) is 16.5. The Morgan fingerprint density at radius 1 is 1.33 bits per heavy atom. The molecule has 24 heavy (non-hydrogen) atoms. The zero-order chi connectivity index (χ0) is 17.4. The van der Waals surface area contributed by atoms with Crippen LogP contribution in [0.2, 0.25) is 0 Å². The van der Waals surface area contributed by atoms with Crippen LogP contribution in [-0.4, -0.2) is 60.2 Å². The molecule has 0 bridgehead atoms. The summed E-state index contributed by atoms with van der Waals surface area (Å²) in [5, 5.41) is 2.59. The van der Waals surface area contributed by atoms with E-state index in [1.54, 1.807) is 16.8 Å². The lowest BCUT2D eigenvalue weighted by atomic mass is 10.1. The molecule has 1 aromatic heterocycles. The Balaban J connectivity index is 1.59. The summed E-state index contributed by atoms with van der Waals surface area (Å²) in [5.41, 5.74) is 0.845. The zero-order valence-corrected chi connectivity index (χ0v) is 14.3. The molecule has 2 aliphatic rings. The van der Waals surface area contributed by atoms with E-state index in [-0.39, 0.29) is 36.1 Å². The number of rotatable bonds is 4. The van der Waals surface area contributed by atoms with Crippen molar-refractivity contribution >= 4 is 17.7 Å². The van der Waals surface area contributed by atoms with Crippen LogP contribution in [-0.2, 0) is 16.0 Å². The fourth-order valence-electron chi connectivity index (χ4n) is 3.36. The van der Waals surface area contributed by atoms with Crippen LogP contribution in [0.5, 0.6) is 0 Å². The monoisotopic (exact) mass is 333 g/mol. The third kappa shape index (κ3) is 2.79. The van der Waals surface area contributed by atoms with Gasteiger partial charge in [-0.1, -0.05) is 6.92 Å². The van der Waals surface area contributed by atoms with Gasteiger partial charge >= 0.3 is 0 Å². The van der Waals surface area contributed by atoms with E-state index in [1.807, 2.05) is 19.9 Å². The summed E-state index contributed by atoms with van der Waals surface area (Å²) in [6, 6.07) is 1.89. The quantitative estimate of drug-likeness (QED) is 0.873. The lowest BCUT2D eigenvalue weighted by molar-refractivity contribution is -0.132. The fraction of sp³-hybridized carbons (Fsp3) is 0.588. The van der Waals surface area contributed by atoms with E-state index < -0.39 is 0 Å². The average Bonchev–Trinajstić information content (AvgIpc) is 3.08. The Kier molecular flexibility index (Phi) is 4.34. The average molecular weight is 333 g/mol. The van der Waals surface area contributed by atoms with Gasteiger partial charge in [0.05, 0.1) is 12.0 Å². The number of furan rings is 1. The normalized spacial score (nSPS) is 21.1. The molecule has 1 unspecified atom stereocenters. The molecule has 1 N–H and O–H groups in total. The number of nitrogens with zero attached hydrogens (tertiary/aromatic N) is 2. The van der Waals surface area contributed by atoms with Crippen LogP contribution < -0.4 is 5.32 Å². The van der Waals surface area contributed by atoms with Gasteiger partial charge < -0.3 is 19.5 Å². The van der Waals surface area contributed by atoms with Crippen molar-refractivity contribution < 1.29 is 18.8 Å². The van der Waals surface area contributed by atoms with Crippen molar-refractivity contribution in [3.8, 4) is 0 Å². The molecular weight excluding hydrogens is 310 g/mol. The summed E-state index contributed by atoms with van der Waals surface area (Å²) in [5.74, 6) is 0.668. The highest BCUT2D eigenvalue weighted by atomic mass is 16.4. The molecular formula is C17H23N3O4. The second-order valence-electron chi connectivity index (χ2n) is 6.50. The third-order valence-corrected chi connectivity index (χ3v) is 4.88. The summed E-state index contributed by atoms with van der Waals surface area (Å²) in [6.45, 7) is 5.27. The number of nitrogens with one attached hydrogen (secondary N) is 1. The molecule has 0 radical (unpaired) electrons. The van der Waals surface area contributed by atoms with Crippen molar-refractivity contribution in [2.24, 2.45) is 5.92 Å². The first-order chi connectivity index (χ1) is 11.4. The molecule has 1 atom stereocenters. The summed E-state index contributed by atoms with van der Waals surface area (Å²) in [6.07, 6.45) is 1.00. The standard InChI is InChI=1S/C17H23N3O4/c1-4-13-5-10(2)15(24-13)17(23)19-8-12(9-19)20-7-11(6-14(20)21)16(22)18-3/h5,11-12H,4,6-9H2,1-3H3,(H,18,22). The Labute approximate surface area is 141 Å². The van der Waals surface area contributed by atoms with E-state index in [0.717, 1.165) is 17.7 Å². The Morgan fingerprint density at radius 2 is 2.04 bits per heavy atom. The molecule has 2 fully saturated rings. The molecule has 2 saturated heterocycles. The van der Waals surface area contributed by atoms with E-state index >= 15 is 0 Å². The SMILES string of the molecule is CCc1cc(C)c(C(=O)N2CC(N3CC(C(=O)NC)CC3=O)C2)o1. The van der Waals surface area contributed by atoms with Gasteiger partial charge in [-0.2, -0.15) is 0 Å². The van der Waals surface area contributed by atoms with Gasteiger partial charge in [0.2, 0.25) is 11.8 Å². The molecule has 3 amide bonds. The topological polar surface area (TPSA) is 82.9 Å². The molecule has 3 rings (SSSR count). The molecule has 7 heteroatoms. The van der Waals surface area contributed by atoms with E-state index in [4.69, 9.17) is 4.42 Å². The molecule has 7 nitrogen and oxygen atoms in total. The van der Waals surface area contributed by atoms with Crippen molar-refractivity contribution in [1.29, 1.82) is 0 Å². The summed E-state index contributed by atoms with van der Waals surface area (Å²) >= 11 is 0. The predicted octanol–water partition coefficient (Wildman–Crippen LogP) is 0.569. The minimum Gasteiger partial charge on any atom is -0.456 e. The third-order valence-electron chi connectivity index (χ3n) is 4.88. The van der Waals surface area contributed by atoms with Gasteiger partial charge in [-0.15, -0.1) is 0 Å². The Morgan fingerprint density at radius 3 is 2.62 bits per heavy atom. The summed E-state index contributed by atoms with van der Waals surface area (Å²) in [4.78, 5) is 39.7. The van der Waals surface area contributed by atoms with E-state index in [9.17, 15) is 14.4 Å². The van der Waals surface area contributed by atoms with Crippen LogP contribution in [0.3, 0.4) is 0 Å².